The van der Waals surface area contributed by atoms with E-state index in [1.54, 1.807) is 0 Å². The van der Waals surface area contributed by atoms with Crippen LogP contribution in [0.2, 0.25) is 0 Å². The summed E-state index contributed by atoms with van der Waals surface area (Å²) >= 11 is 0. The molecule has 0 heterocycles. The van der Waals surface area contributed by atoms with Crippen molar-refractivity contribution in [3.8, 4) is 11.8 Å². The number of allylic oxidation sites excluding steroid dienone is 1. The molecule has 0 radical (unpaired) electrons. The Bertz CT molecular complexity index is 376. The van der Waals surface area contributed by atoms with Crippen LogP contribution in [0.1, 0.15) is 24.5 Å². The molecular weight excluding hydrogens is 182 g/mol. The highest BCUT2D eigenvalue weighted by Crippen LogP contribution is 2.11. The summed E-state index contributed by atoms with van der Waals surface area (Å²) in [6, 6.07) is 8.20. The Hall–Kier alpha value is -1.52. The summed E-state index contributed by atoms with van der Waals surface area (Å²) in [6.07, 6.45) is 0.888. The lowest BCUT2D eigenvalue weighted by molar-refractivity contribution is 0.818. The number of nitrogens with one attached hydrogen (secondary N) is 1. The second-order valence-electron chi connectivity index (χ2n) is 3.51. The van der Waals surface area contributed by atoms with Crippen LogP contribution in [0, 0.1) is 11.8 Å². The van der Waals surface area contributed by atoms with E-state index in [1.165, 1.54) is 5.56 Å². The zero-order valence-electron chi connectivity index (χ0n) is 9.43. The third kappa shape index (κ3) is 4.01. The molecule has 15 heavy (non-hydrogen) atoms. The van der Waals surface area contributed by atoms with Crippen LogP contribution < -0.4 is 5.32 Å². The van der Waals surface area contributed by atoms with E-state index < -0.39 is 0 Å². The van der Waals surface area contributed by atoms with Crippen molar-refractivity contribution in [2.45, 2.75) is 13.3 Å². The molecule has 1 aromatic carbocycles. The minimum atomic E-state index is 0.888. The first-order valence-corrected chi connectivity index (χ1v) is 5.13. The maximum atomic E-state index is 3.90. The van der Waals surface area contributed by atoms with Gasteiger partial charge in [-0.05, 0) is 31.7 Å². The van der Waals surface area contributed by atoms with Crippen molar-refractivity contribution < 1.29 is 0 Å². The maximum Gasteiger partial charge on any atom is 0.0245 e. The monoisotopic (exact) mass is 199 g/mol. The van der Waals surface area contributed by atoms with E-state index in [4.69, 9.17) is 0 Å². The van der Waals surface area contributed by atoms with E-state index in [-0.39, 0.29) is 0 Å². The molecular formula is C14H17N. The van der Waals surface area contributed by atoms with E-state index in [1.807, 2.05) is 26.1 Å². The molecule has 1 heteroatoms. The highest BCUT2D eigenvalue weighted by molar-refractivity contribution is 5.61. The topological polar surface area (TPSA) is 12.0 Å². The lowest BCUT2D eigenvalue weighted by Gasteiger charge is -1.98. The van der Waals surface area contributed by atoms with Crippen LogP contribution in [0.15, 0.2) is 30.8 Å². The zero-order chi connectivity index (χ0) is 11.1. The molecule has 1 aromatic rings. The molecule has 0 spiro atoms. The number of rotatable bonds is 3. The molecule has 1 nitrogen and oxygen atoms in total. The normalized spacial score (nSPS) is 9.20. The van der Waals surface area contributed by atoms with Gasteiger partial charge in [-0.25, -0.2) is 0 Å². The van der Waals surface area contributed by atoms with E-state index >= 15 is 0 Å². The molecule has 0 aliphatic heterocycles. The summed E-state index contributed by atoms with van der Waals surface area (Å²) in [5.74, 6) is 6.24. The molecule has 0 bridgehead atoms. The van der Waals surface area contributed by atoms with E-state index in [9.17, 15) is 0 Å². The number of hydrogen-bond acceptors (Lipinski definition) is 1. The van der Waals surface area contributed by atoms with Gasteiger partial charge in [0.2, 0.25) is 0 Å². The van der Waals surface area contributed by atoms with Gasteiger partial charge in [0, 0.05) is 18.5 Å². The molecule has 0 aromatic heterocycles. The van der Waals surface area contributed by atoms with Crippen molar-refractivity contribution in [2.75, 3.05) is 13.6 Å². The lowest BCUT2D eigenvalue weighted by atomic mass is 10.1. The molecule has 0 atom stereocenters. The van der Waals surface area contributed by atoms with Crippen molar-refractivity contribution in [1.82, 2.24) is 5.32 Å². The molecule has 1 N–H and O–H groups in total. The first-order valence-electron chi connectivity index (χ1n) is 5.13. The average molecular weight is 199 g/mol. The molecule has 0 aliphatic carbocycles. The summed E-state index contributed by atoms with van der Waals surface area (Å²) in [5.41, 5.74) is 3.33. The van der Waals surface area contributed by atoms with Crippen molar-refractivity contribution >= 4 is 5.57 Å². The summed E-state index contributed by atoms with van der Waals surface area (Å²) in [4.78, 5) is 0. The smallest absolute Gasteiger partial charge is 0.0245 e. The predicted molar refractivity (Wildman–Crippen MR) is 66.6 cm³/mol. The first kappa shape index (κ1) is 11.6. The lowest BCUT2D eigenvalue weighted by Crippen LogP contribution is -2.05. The molecule has 0 saturated carbocycles. The fourth-order valence-corrected chi connectivity index (χ4v) is 1.19. The molecule has 0 unspecified atom stereocenters. The summed E-state index contributed by atoms with van der Waals surface area (Å²) in [7, 11) is 1.93. The Labute approximate surface area is 92.2 Å². The van der Waals surface area contributed by atoms with Gasteiger partial charge in [-0.15, -0.1) is 0 Å². The quantitative estimate of drug-likeness (QED) is 0.583. The second-order valence-corrected chi connectivity index (χ2v) is 3.51. The van der Waals surface area contributed by atoms with Gasteiger partial charge in [0.25, 0.3) is 0 Å². The summed E-state index contributed by atoms with van der Waals surface area (Å²) in [6.45, 7) is 6.85. The third-order valence-corrected chi connectivity index (χ3v) is 2.11. The van der Waals surface area contributed by atoms with Gasteiger partial charge >= 0.3 is 0 Å². The van der Waals surface area contributed by atoms with Gasteiger partial charge in [-0.1, -0.05) is 36.1 Å². The molecule has 0 fully saturated rings. The zero-order valence-corrected chi connectivity index (χ0v) is 9.43. The Balaban J connectivity index is 2.63. The highest BCUT2D eigenvalue weighted by Gasteiger charge is 1.91. The highest BCUT2D eigenvalue weighted by atomic mass is 14.8. The van der Waals surface area contributed by atoms with Crippen LogP contribution >= 0.6 is 0 Å². The van der Waals surface area contributed by atoms with Gasteiger partial charge in [0.1, 0.15) is 0 Å². The van der Waals surface area contributed by atoms with Crippen LogP contribution in [-0.2, 0) is 0 Å². The largest absolute Gasteiger partial charge is 0.319 e. The Morgan fingerprint density at radius 1 is 1.33 bits per heavy atom. The van der Waals surface area contributed by atoms with Gasteiger partial charge < -0.3 is 5.32 Å². The minimum Gasteiger partial charge on any atom is -0.319 e. The van der Waals surface area contributed by atoms with Crippen LogP contribution in [0.25, 0.3) is 5.57 Å². The molecule has 0 saturated heterocycles. The fraction of sp³-hybridized carbons (Fsp3) is 0.286. The van der Waals surface area contributed by atoms with Gasteiger partial charge in [0.05, 0.1) is 0 Å². The third-order valence-electron chi connectivity index (χ3n) is 2.11. The van der Waals surface area contributed by atoms with E-state index in [0.717, 1.165) is 24.1 Å². The maximum absolute atomic E-state index is 3.90. The Kier molecular flexibility index (Phi) is 4.66. The molecule has 1 rings (SSSR count). The van der Waals surface area contributed by atoms with E-state index in [2.05, 4.69) is 35.9 Å². The van der Waals surface area contributed by atoms with Gasteiger partial charge in [0.15, 0.2) is 0 Å². The minimum absolute atomic E-state index is 0.888. The molecule has 78 valence electrons. The van der Waals surface area contributed by atoms with Gasteiger partial charge in [-0.2, -0.15) is 0 Å². The van der Waals surface area contributed by atoms with Crippen LogP contribution in [0.3, 0.4) is 0 Å². The molecule has 0 aliphatic rings. The first-order chi connectivity index (χ1) is 7.24. The van der Waals surface area contributed by atoms with Crippen LogP contribution in [0.5, 0.6) is 0 Å². The van der Waals surface area contributed by atoms with E-state index in [0.29, 0.717) is 0 Å². The summed E-state index contributed by atoms with van der Waals surface area (Å²) < 4.78 is 0. The fourth-order valence-electron chi connectivity index (χ4n) is 1.19. The predicted octanol–water partition coefficient (Wildman–Crippen LogP) is 2.68. The van der Waals surface area contributed by atoms with Gasteiger partial charge in [-0.3, -0.25) is 0 Å². The van der Waals surface area contributed by atoms with Crippen molar-refractivity contribution in [1.29, 1.82) is 0 Å². The molecule has 0 amide bonds. The average Bonchev–Trinajstić information content (AvgIpc) is 2.25. The summed E-state index contributed by atoms with van der Waals surface area (Å²) in [5, 5.41) is 3.06. The van der Waals surface area contributed by atoms with Crippen LogP contribution in [-0.4, -0.2) is 13.6 Å². The SMILES string of the molecule is C=C(C)c1ccc(C#CCCNC)cc1. The van der Waals surface area contributed by atoms with Crippen molar-refractivity contribution in [3.63, 3.8) is 0 Å². The van der Waals surface area contributed by atoms with Crippen LogP contribution in [0.4, 0.5) is 0 Å². The van der Waals surface area contributed by atoms with Crippen molar-refractivity contribution in [3.05, 3.63) is 42.0 Å². The number of benzene rings is 1. The standard InChI is InChI=1S/C14H17N/c1-12(2)14-9-7-13(8-10-14)6-4-5-11-15-3/h7-10,15H,1,5,11H2,2-3H3. The second kappa shape index (κ2) is 6.06. The Morgan fingerprint density at radius 2 is 2.00 bits per heavy atom. The number of hydrogen-bond donors (Lipinski definition) is 1. The van der Waals surface area contributed by atoms with Crippen molar-refractivity contribution in [2.24, 2.45) is 0 Å². The Morgan fingerprint density at radius 3 is 2.53 bits per heavy atom.